The van der Waals surface area contributed by atoms with Gasteiger partial charge in [-0.3, -0.25) is 0 Å². The van der Waals surface area contributed by atoms with Gasteiger partial charge in [0.1, 0.15) is 13.2 Å². The van der Waals surface area contributed by atoms with Gasteiger partial charge in [-0.1, -0.05) is 78.7 Å². The second-order valence-corrected chi connectivity index (χ2v) is 10.4. The highest BCUT2D eigenvalue weighted by atomic mass is 16.7. The van der Waals surface area contributed by atoms with Crippen LogP contribution in [0.5, 0.6) is 0 Å². The van der Waals surface area contributed by atoms with E-state index >= 15 is 0 Å². The summed E-state index contributed by atoms with van der Waals surface area (Å²) in [5.41, 5.74) is 0.339. The molecule has 0 aromatic heterocycles. The molecule has 0 unspecified atom stereocenters. The number of aliphatic hydroxyl groups excluding tert-OH is 1. The molecule has 0 aliphatic heterocycles. The van der Waals surface area contributed by atoms with Crippen LogP contribution in [0.25, 0.3) is 0 Å². The maximum Gasteiger partial charge on any atom is 0.336 e. The molecule has 234 valence electrons. The lowest BCUT2D eigenvalue weighted by atomic mass is 9.88. The number of rotatable bonds is 20. The Morgan fingerprint density at radius 1 is 0.634 bits per heavy atom. The molecular weight excluding hydrogens is 528 g/mol. The van der Waals surface area contributed by atoms with Gasteiger partial charge < -0.3 is 24.1 Å². The highest BCUT2D eigenvalue weighted by molar-refractivity contribution is 5.89. The van der Waals surface area contributed by atoms with Gasteiger partial charge >= 0.3 is 23.9 Å². The van der Waals surface area contributed by atoms with Gasteiger partial charge in [0.2, 0.25) is 6.29 Å². The van der Waals surface area contributed by atoms with Gasteiger partial charge in [0.15, 0.2) is 0 Å². The summed E-state index contributed by atoms with van der Waals surface area (Å²) in [5.74, 6) is -2.14. The van der Waals surface area contributed by atoms with E-state index in [-0.39, 0.29) is 42.1 Å². The number of esters is 4. The van der Waals surface area contributed by atoms with E-state index in [1.807, 2.05) is 6.92 Å². The summed E-state index contributed by atoms with van der Waals surface area (Å²) < 4.78 is 20.4. The van der Waals surface area contributed by atoms with Crippen molar-refractivity contribution in [3.05, 3.63) is 48.6 Å². The number of carbonyl (C=O) groups excluding carboxylic acids is 4. The van der Waals surface area contributed by atoms with E-state index in [0.717, 1.165) is 19.3 Å². The van der Waals surface area contributed by atoms with Crippen molar-refractivity contribution in [2.24, 2.45) is 5.41 Å². The third-order valence-electron chi connectivity index (χ3n) is 6.02. The van der Waals surface area contributed by atoms with Crippen molar-refractivity contribution < 1.29 is 43.2 Å². The molecule has 0 radical (unpaired) electrons. The van der Waals surface area contributed by atoms with Crippen LogP contribution < -0.4 is 0 Å². The van der Waals surface area contributed by atoms with Crippen LogP contribution in [0.4, 0.5) is 0 Å². The molecule has 0 aromatic carbocycles. The first-order chi connectivity index (χ1) is 19.2. The fourth-order valence-corrected chi connectivity index (χ4v) is 2.98. The monoisotopic (exact) mass is 580 g/mol. The Morgan fingerprint density at radius 2 is 1.00 bits per heavy atom. The number of ether oxygens (including phenoxy) is 4. The zero-order valence-corrected chi connectivity index (χ0v) is 26.1. The van der Waals surface area contributed by atoms with Gasteiger partial charge in [-0.2, -0.15) is 0 Å². The molecule has 0 rings (SSSR count). The fourth-order valence-electron chi connectivity index (χ4n) is 2.98. The Balaban J connectivity index is 0. The average molecular weight is 581 g/mol. The Morgan fingerprint density at radius 3 is 1.32 bits per heavy atom. The molecule has 41 heavy (non-hydrogen) atoms. The van der Waals surface area contributed by atoms with Crippen LogP contribution in [0.1, 0.15) is 99.3 Å². The van der Waals surface area contributed by atoms with E-state index in [4.69, 9.17) is 18.9 Å². The number of hydrogen-bond donors (Lipinski definition) is 1. The molecule has 0 amide bonds. The summed E-state index contributed by atoms with van der Waals surface area (Å²) in [6.07, 6.45) is 8.16. The van der Waals surface area contributed by atoms with Crippen molar-refractivity contribution in [1.29, 1.82) is 0 Å². The molecule has 0 saturated heterocycles. The minimum Gasteiger partial charge on any atom is -0.462 e. The highest BCUT2D eigenvalue weighted by Crippen LogP contribution is 2.23. The normalized spacial score (nSPS) is 10.5. The molecule has 1 N–H and O–H groups in total. The second-order valence-electron chi connectivity index (χ2n) is 10.4. The van der Waals surface area contributed by atoms with Crippen LogP contribution in [0, 0.1) is 5.41 Å². The predicted molar refractivity (Wildman–Crippen MR) is 160 cm³/mol. The van der Waals surface area contributed by atoms with Crippen molar-refractivity contribution in [1.82, 2.24) is 0 Å². The van der Waals surface area contributed by atoms with Gasteiger partial charge in [-0.15, -0.1) is 0 Å². The Bertz CT molecular complexity index is 837. The van der Waals surface area contributed by atoms with Crippen LogP contribution >= 0.6 is 0 Å². The lowest BCUT2D eigenvalue weighted by Crippen LogP contribution is -2.37. The molecule has 9 heteroatoms. The quantitative estimate of drug-likeness (QED) is 0.0580. The standard InChI is InChI=1S/C18H30O4.C14H22O5/c1-6-7-8-9-10-11-12-13-16(21-17(19)14(2)3)22-18(20)15(4)5;1-6-14(7-15,8-18-12(16)10(2)3)9-19-13(17)11(4)5/h16H,2,4,6-13H2,1,3,5H3;15H,2,4,6-9H2,1,3,5H3. The topological polar surface area (TPSA) is 125 Å². The first-order valence-electron chi connectivity index (χ1n) is 14.1. The van der Waals surface area contributed by atoms with Gasteiger partial charge in [-0.25, -0.2) is 19.2 Å². The van der Waals surface area contributed by atoms with E-state index in [1.54, 1.807) is 13.8 Å². The largest absolute Gasteiger partial charge is 0.462 e. The Labute approximate surface area is 246 Å². The van der Waals surface area contributed by atoms with Crippen LogP contribution in [0.3, 0.4) is 0 Å². The van der Waals surface area contributed by atoms with Gasteiger partial charge in [-0.05, 0) is 40.5 Å². The molecule has 0 aliphatic rings. The summed E-state index contributed by atoms with van der Waals surface area (Å²) in [4.78, 5) is 45.8. The van der Waals surface area contributed by atoms with Gasteiger partial charge in [0, 0.05) is 28.7 Å². The van der Waals surface area contributed by atoms with E-state index in [9.17, 15) is 24.3 Å². The Kier molecular flexibility index (Phi) is 21.9. The maximum absolute atomic E-state index is 11.6. The zero-order chi connectivity index (χ0) is 32.0. The first kappa shape index (κ1) is 39.9. The molecule has 0 bridgehead atoms. The molecule has 0 atom stereocenters. The van der Waals surface area contributed by atoms with Crippen LogP contribution in [0.15, 0.2) is 48.6 Å². The number of aliphatic hydroxyl groups is 1. The smallest absolute Gasteiger partial charge is 0.336 e. The molecule has 0 spiro atoms. The average Bonchev–Trinajstić information content (AvgIpc) is 2.92. The molecule has 0 heterocycles. The first-order valence-corrected chi connectivity index (χ1v) is 14.1. The third-order valence-corrected chi connectivity index (χ3v) is 6.02. The highest BCUT2D eigenvalue weighted by Gasteiger charge is 2.31. The lowest BCUT2D eigenvalue weighted by molar-refractivity contribution is -0.183. The maximum atomic E-state index is 11.6. The number of hydrogen-bond acceptors (Lipinski definition) is 9. The predicted octanol–water partition coefficient (Wildman–Crippen LogP) is 6.31. The summed E-state index contributed by atoms with van der Waals surface area (Å²) in [5, 5.41) is 9.45. The minimum absolute atomic E-state index is 0.0326. The van der Waals surface area contributed by atoms with E-state index in [2.05, 4.69) is 33.2 Å². The van der Waals surface area contributed by atoms with E-state index in [1.165, 1.54) is 39.5 Å². The fraction of sp³-hybridized carbons (Fsp3) is 0.625. The van der Waals surface area contributed by atoms with E-state index in [0.29, 0.717) is 12.8 Å². The number of unbranched alkanes of at least 4 members (excludes halogenated alkanes) is 6. The van der Waals surface area contributed by atoms with Crippen molar-refractivity contribution in [3.63, 3.8) is 0 Å². The SMILES string of the molecule is C=C(C)C(=O)OC(CCCCCCCCC)OC(=O)C(=C)C.C=C(C)C(=O)OCC(CC)(CO)COC(=O)C(=C)C. The molecule has 0 saturated carbocycles. The van der Waals surface area contributed by atoms with Crippen molar-refractivity contribution >= 4 is 23.9 Å². The number of carbonyl (C=O) groups is 4. The van der Waals surface area contributed by atoms with Crippen molar-refractivity contribution in [3.8, 4) is 0 Å². The summed E-state index contributed by atoms with van der Waals surface area (Å²) in [6, 6.07) is 0. The van der Waals surface area contributed by atoms with Crippen LogP contribution in [-0.4, -0.2) is 55.1 Å². The zero-order valence-electron chi connectivity index (χ0n) is 26.1. The molecule has 0 aliphatic carbocycles. The summed E-state index contributed by atoms with van der Waals surface area (Å²) in [7, 11) is 0. The van der Waals surface area contributed by atoms with Crippen molar-refractivity contribution in [2.45, 2.75) is 106 Å². The summed E-state index contributed by atoms with van der Waals surface area (Å²) >= 11 is 0. The minimum atomic E-state index is -0.857. The lowest BCUT2D eigenvalue weighted by Gasteiger charge is -2.29. The van der Waals surface area contributed by atoms with Crippen molar-refractivity contribution in [2.75, 3.05) is 19.8 Å². The van der Waals surface area contributed by atoms with Crippen LogP contribution in [0.2, 0.25) is 0 Å². The molecule has 0 fully saturated rings. The Hall–Kier alpha value is -3.20. The van der Waals surface area contributed by atoms with Crippen LogP contribution in [-0.2, 0) is 38.1 Å². The third kappa shape index (κ3) is 19.5. The van der Waals surface area contributed by atoms with Gasteiger partial charge in [0.05, 0.1) is 12.0 Å². The summed E-state index contributed by atoms with van der Waals surface area (Å²) in [6.45, 7) is 23.9. The molecule has 0 aromatic rings. The molecular formula is C32H52O9. The molecule has 9 nitrogen and oxygen atoms in total. The van der Waals surface area contributed by atoms with E-state index < -0.39 is 35.6 Å². The van der Waals surface area contributed by atoms with Gasteiger partial charge in [0.25, 0.3) is 0 Å². The second kappa shape index (κ2) is 22.5.